The molecule has 0 radical (unpaired) electrons. The minimum Gasteiger partial charge on any atom is -0.378 e. The Morgan fingerprint density at radius 1 is 0.944 bits per heavy atom. The molecule has 2 aliphatic rings. The van der Waals surface area contributed by atoms with Gasteiger partial charge < -0.3 is 9.88 Å². The molecule has 5 nitrogen and oxygen atoms in total. The molecule has 186 valence electrons. The van der Waals surface area contributed by atoms with E-state index in [1.54, 1.807) is 6.07 Å². The van der Waals surface area contributed by atoms with E-state index in [2.05, 4.69) is 71.4 Å². The Morgan fingerprint density at radius 2 is 1.72 bits per heavy atom. The number of anilines is 1. The topological polar surface area (TPSA) is 54.3 Å². The van der Waals surface area contributed by atoms with Crippen LogP contribution in [0.3, 0.4) is 0 Å². The van der Waals surface area contributed by atoms with Crippen molar-refractivity contribution in [3.63, 3.8) is 0 Å². The summed E-state index contributed by atoms with van der Waals surface area (Å²) in [6.07, 6.45) is 5.50. The summed E-state index contributed by atoms with van der Waals surface area (Å²) >= 11 is 0. The molecule has 1 N–H and O–H groups in total. The van der Waals surface area contributed by atoms with Crippen LogP contribution in [0.5, 0.6) is 0 Å². The highest BCUT2D eigenvalue weighted by Gasteiger charge is 2.39. The molecule has 0 saturated heterocycles. The average Bonchev–Trinajstić information content (AvgIpc) is 3.51. The van der Waals surface area contributed by atoms with E-state index >= 15 is 0 Å². The van der Waals surface area contributed by atoms with Gasteiger partial charge in [-0.2, -0.15) is 4.31 Å². The van der Waals surface area contributed by atoms with Crippen LogP contribution in [0, 0.1) is 5.92 Å². The Kier molecular flexibility index (Phi) is 5.69. The van der Waals surface area contributed by atoms with Gasteiger partial charge in [0.1, 0.15) is 0 Å². The highest BCUT2D eigenvalue weighted by atomic mass is 32.2. The number of nitrogens with zero attached hydrogens (tertiary/aromatic N) is 2. The molecule has 6 rings (SSSR count). The van der Waals surface area contributed by atoms with Gasteiger partial charge in [0.25, 0.3) is 0 Å². The van der Waals surface area contributed by atoms with Crippen LogP contribution in [0.4, 0.5) is 5.69 Å². The van der Waals surface area contributed by atoms with Crippen molar-refractivity contribution in [1.82, 2.24) is 8.87 Å². The number of rotatable bonds is 6. The van der Waals surface area contributed by atoms with E-state index in [1.807, 2.05) is 26.0 Å². The second kappa shape index (κ2) is 8.79. The lowest BCUT2D eigenvalue weighted by Crippen LogP contribution is -2.32. The van der Waals surface area contributed by atoms with Crippen LogP contribution in [0.15, 0.2) is 77.7 Å². The van der Waals surface area contributed by atoms with Crippen LogP contribution < -0.4 is 5.32 Å². The third kappa shape index (κ3) is 3.42. The highest BCUT2D eigenvalue weighted by Crippen LogP contribution is 2.50. The number of nitrogens with one attached hydrogen (secondary N) is 1. The average molecular weight is 500 g/mol. The van der Waals surface area contributed by atoms with E-state index in [-0.39, 0.29) is 12.0 Å². The molecule has 3 atom stereocenters. The second-order valence-corrected chi connectivity index (χ2v) is 11.8. The third-order valence-electron chi connectivity index (χ3n) is 8.15. The van der Waals surface area contributed by atoms with Gasteiger partial charge in [-0.3, -0.25) is 0 Å². The van der Waals surface area contributed by atoms with Gasteiger partial charge in [0, 0.05) is 53.0 Å². The molecule has 1 aliphatic heterocycles. The summed E-state index contributed by atoms with van der Waals surface area (Å²) in [4.78, 5) is 0.387. The van der Waals surface area contributed by atoms with Crippen molar-refractivity contribution in [2.75, 3.05) is 18.4 Å². The monoisotopic (exact) mass is 499 g/mol. The second-order valence-electron chi connectivity index (χ2n) is 9.85. The molecule has 3 aromatic carbocycles. The van der Waals surface area contributed by atoms with Gasteiger partial charge in [-0.25, -0.2) is 8.42 Å². The van der Waals surface area contributed by atoms with Crippen molar-refractivity contribution in [2.24, 2.45) is 5.92 Å². The van der Waals surface area contributed by atoms with Gasteiger partial charge >= 0.3 is 0 Å². The number of aryl methyl sites for hydroxylation is 1. The number of aromatic nitrogens is 1. The molecular weight excluding hydrogens is 466 g/mol. The Bertz CT molecular complexity index is 1600. The van der Waals surface area contributed by atoms with Gasteiger partial charge in [0.2, 0.25) is 10.0 Å². The number of fused-ring (bicyclic) bond motifs is 6. The lowest BCUT2D eigenvalue weighted by molar-refractivity contribution is 0.424. The Morgan fingerprint density at radius 3 is 2.50 bits per heavy atom. The van der Waals surface area contributed by atoms with E-state index in [1.165, 1.54) is 31.7 Å². The maximum Gasteiger partial charge on any atom is 0.243 e. The largest absolute Gasteiger partial charge is 0.378 e. The fourth-order valence-corrected chi connectivity index (χ4v) is 7.87. The normalized spacial score (nSPS) is 21.2. The van der Waals surface area contributed by atoms with Gasteiger partial charge in [-0.15, -0.1) is 0 Å². The first-order valence-electron chi connectivity index (χ1n) is 13.1. The van der Waals surface area contributed by atoms with Crippen molar-refractivity contribution in [3.8, 4) is 0 Å². The first-order valence-corrected chi connectivity index (χ1v) is 14.5. The van der Waals surface area contributed by atoms with Crippen molar-refractivity contribution in [1.29, 1.82) is 0 Å². The SMILES string of the molecule is CCN(CC)S(=O)(=O)c1ccc2c(c1)C1C=CCC1C(c1ccc3c(c1)c1ccccc1n3CC)N2. The predicted molar refractivity (Wildman–Crippen MR) is 148 cm³/mol. The van der Waals surface area contributed by atoms with Crippen molar-refractivity contribution < 1.29 is 8.42 Å². The molecule has 0 saturated carbocycles. The Balaban J connectivity index is 1.43. The van der Waals surface area contributed by atoms with Crippen molar-refractivity contribution in [2.45, 2.75) is 50.6 Å². The Labute approximate surface area is 213 Å². The molecule has 0 bridgehead atoms. The molecule has 1 aliphatic carbocycles. The number of allylic oxidation sites excluding steroid dienone is 2. The van der Waals surface area contributed by atoms with E-state index < -0.39 is 10.0 Å². The maximum absolute atomic E-state index is 13.2. The van der Waals surface area contributed by atoms with Crippen LogP contribution in [0.1, 0.15) is 50.3 Å². The standard InChI is InChI=1S/C30H33N3O2S/c1-4-32(5-2)36(34,35)21-15-16-27-25(19-21)22-11-9-12-24(22)30(31-27)20-14-17-29-26(18-20)23-10-7-8-13-28(23)33(29)6-3/h7-11,13-19,22,24,30-31H,4-6,12H2,1-3H3. The van der Waals surface area contributed by atoms with Gasteiger partial charge in [-0.05, 0) is 66.8 Å². The summed E-state index contributed by atoms with van der Waals surface area (Å²) < 4.78 is 30.3. The summed E-state index contributed by atoms with van der Waals surface area (Å²) in [5.74, 6) is 0.548. The van der Waals surface area contributed by atoms with E-state index in [9.17, 15) is 8.42 Å². The zero-order valence-corrected chi connectivity index (χ0v) is 21.9. The summed E-state index contributed by atoms with van der Waals surface area (Å²) in [6.45, 7) is 7.85. The third-order valence-corrected chi connectivity index (χ3v) is 10.2. The number of hydrogen-bond donors (Lipinski definition) is 1. The molecular formula is C30H33N3O2S. The summed E-state index contributed by atoms with van der Waals surface area (Å²) in [7, 11) is -3.50. The zero-order chi connectivity index (χ0) is 25.0. The zero-order valence-electron chi connectivity index (χ0n) is 21.1. The molecule has 36 heavy (non-hydrogen) atoms. The smallest absolute Gasteiger partial charge is 0.243 e. The van der Waals surface area contributed by atoms with Crippen molar-refractivity contribution in [3.05, 3.63) is 83.9 Å². The first kappa shape index (κ1) is 23.3. The van der Waals surface area contributed by atoms with E-state index in [0.717, 1.165) is 24.2 Å². The van der Waals surface area contributed by atoms with Crippen LogP contribution >= 0.6 is 0 Å². The number of para-hydroxylation sites is 1. The predicted octanol–water partition coefficient (Wildman–Crippen LogP) is 6.67. The molecule has 4 aromatic rings. The fraction of sp³-hybridized carbons (Fsp3) is 0.333. The fourth-order valence-electron chi connectivity index (χ4n) is 6.38. The number of benzene rings is 3. The van der Waals surface area contributed by atoms with Crippen LogP contribution in [0.25, 0.3) is 21.8 Å². The number of hydrogen-bond acceptors (Lipinski definition) is 3. The Hall–Kier alpha value is -3.09. The lowest BCUT2D eigenvalue weighted by atomic mass is 9.77. The molecule has 2 heterocycles. The number of sulfonamides is 1. The van der Waals surface area contributed by atoms with Crippen LogP contribution in [-0.2, 0) is 16.6 Å². The van der Waals surface area contributed by atoms with Gasteiger partial charge in [0.05, 0.1) is 10.9 Å². The van der Waals surface area contributed by atoms with E-state index in [0.29, 0.717) is 23.9 Å². The quantitative estimate of drug-likeness (QED) is 0.301. The highest BCUT2D eigenvalue weighted by molar-refractivity contribution is 7.89. The van der Waals surface area contributed by atoms with Crippen LogP contribution in [0.2, 0.25) is 0 Å². The molecule has 3 unspecified atom stereocenters. The van der Waals surface area contributed by atoms with Gasteiger partial charge in [0.15, 0.2) is 0 Å². The first-order chi connectivity index (χ1) is 17.5. The molecule has 0 fully saturated rings. The molecule has 6 heteroatoms. The lowest BCUT2D eigenvalue weighted by Gasteiger charge is -2.38. The summed E-state index contributed by atoms with van der Waals surface area (Å²) in [5.41, 5.74) is 5.94. The van der Waals surface area contributed by atoms with Crippen molar-refractivity contribution >= 4 is 37.5 Å². The summed E-state index contributed by atoms with van der Waals surface area (Å²) in [6, 6.07) is 21.3. The molecule has 1 aromatic heterocycles. The maximum atomic E-state index is 13.2. The minimum atomic E-state index is -3.50. The molecule has 0 spiro atoms. The summed E-state index contributed by atoms with van der Waals surface area (Å²) in [5, 5.41) is 6.38. The van der Waals surface area contributed by atoms with Gasteiger partial charge in [-0.1, -0.05) is 50.3 Å². The molecule has 0 amide bonds. The van der Waals surface area contributed by atoms with E-state index in [4.69, 9.17) is 0 Å². The minimum absolute atomic E-state index is 0.163. The van der Waals surface area contributed by atoms with Crippen LogP contribution in [-0.4, -0.2) is 30.4 Å².